The van der Waals surface area contributed by atoms with E-state index in [1.54, 1.807) is 30.3 Å². The average Bonchev–Trinajstić information content (AvgIpc) is 2.88. The lowest BCUT2D eigenvalue weighted by Crippen LogP contribution is -2.13. The lowest BCUT2D eigenvalue weighted by Gasteiger charge is -2.06. The zero-order valence-electron chi connectivity index (χ0n) is 12.2. The van der Waals surface area contributed by atoms with Crippen LogP contribution in [0.4, 0.5) is 11.4 Å². The van der Waals surface area contributed by atoms with Gasteiger partial charge in [-0.2, -0.15) is 5.10 Å². The normalized spacial score (nSPS) is 10.5. The Balaban J connectivity index is 2.09. The van der Waals surface area contributed by atoms with Gasteiger partial charge in [-0.3, -0.25) is 14.7 Å². The van der Waals surface area contributed by atoms with Gasteiger partial charge in [0.1, 0.15) is 0 Å². The number of amides is 2. The second-order valence-electron chi connectivity index (χ2n) is 5.08. The van der Waals surface area contributed by atoms with Crippen LogP contribution < -0.4 is 10.6 Å². The molecule has 0 atom stereocenters. The summed E-state index contributed by atoms with van der Waals surface area (Å²) in [6.45, 7) is 5.47. The molecule has 6 heteroatoms. The third-order valence-corrected chi connectivity index (χ3v) is 2.89. The highest BCUT2D eigenvalue weighted by Crippen LogP contribution is 2.17. The van der Waals surface area contributed by atoms with Crippen molar-refractivity contribution < 1.29 is 9.59 Å². The third-order valence-electron chi connectivity index (χ3n) is 2.89. The first kappa shape index (κ1) is 14.8. The predicted octanol–water partition coefficient (Wildman–Crippen LogP) is 2.74. The minimum atomic E-state index is -0.293. The van der Waals surface area contributed by atoms with Crippen molar-refractivity contribution >= 4 is 23.2 Å². The summed E-state index contributed by atoms with van der Waals surface area (Å²) in [5.41, 5.74) is 2.47. The van der Waals surface area contributed by atoms with Gasteiger partial charge in [0.15, 0.2) is 5.69 Å². The van der Waals surface area contributed by atoms with Crippen LogP contribution in [0.5, 0.6) is 0 Å². The van der Waals surface area contributed by atoms with Crippen molar-refractivity contribution in [2.75, 3.05) is 10.6 Å². The van der Waals surface area contributed by atoms with Gasteiger partial charge in [-0.05, 0) is 30.2 Å². The van der Waals surface area contributed by atoms with Gasteiger partial charge in [-0.15, -0.1) is 0 Å². The molecule has 2 aromatic rings. The molecule has 1 heterocycles. The number of hydrogen-bond acceptors (Lipinski definition) is 3. The molecule has 0 aliphatic heterocycles. The summed E-state index contributed by atoms with van der Waals surface area (Å²) in [5, 5.41) is 12.3. The van der Waals surface area contributed by atoms with Crippen LogP contribution in [-0.2, 0) is 4.79 Å². The van der Waals surface area contributed by atoms with Crippen LogP contribution in [0.3, 0.4) is 0 Å². The highest BCUT2D eigenvalue weighted by atomic mass is 16.2. The quantitative estimate of drug-likeness (QED) is 0.807. The number of hydrogen-bond donors (Lipinski definition) is 3. The van der Waals surface area contributed by atoms with E-state index in [1.807, 2.05) is 13.8 Å². The summed E-state index contributed by atoms with van der Waals surface area (Å²) in [7, 11) is 0. The highest BCUT2D eigenvalue weighted by molar-refractivity contribution is 6.03. The average molecular weight is 286 g/mol. The number of carbonyl (C=O) groups is 2. The van der Waals surface area contributed by atoms with Gasteiger partial charge >= 0.3 is 0 Å². The molecule has 1 aromatic heterocycles. The molecule has 0 bridgehead atoms. The fourth-order valence-corrected chi connectivity index (χ4v) is 1.82. The first-order valence-electron chi connectivity index (χ1n) is 6.70. The summed E-state index contributed by atoms with van der Waals surface area (Å²) < 4.78 is 0. The topological polar surface area (TPSA) is 86.9 Å². The van der Waals surface area contributed by atoms with Crippen LogP contribution in [0.1, 0.15) is 42.9 Å². The molecule has 0 radical (unpaired) electrons. The molecule has 0 aliphatic rings. The predicted molar refractivity (Wildman–Crippen MR) is 81.4 cm³/mol. The Morgan fingerprint density at radius 3 is 2.38 bits per heavy atom. The van der Waals surface area contributed by atoms with Crippen molar-refractivity contribution in [3.63, 3.8) is 0 Å². The first-order chi connectivity index (χ1) is 9.95. The van der Waals surface area contributed by atoms with Crippen LogP contribution in [0.15, 0.2) is 30.3 Å². The van der Waals surface area contributed by atoms with Gasteiger partial charge < -0.3 is 10.6 Å². The zero-order chi connectivity index (χ0) is 15.4. The summed E-state index contributed by atoms with van der Waals surface area (Å²) >= 11 is 0. The molecule has 3 N–H and O–H groups in total. The fraction of sp³-hybridized carbons (Fsp3) is 0.267. The number of aromatic amines is 1. The molecule has 0 spiro atoms. The lowest BCUT2D eigenvalue weighted by atomic mass is 10.1. The van der Waals surface area contributed by atoms with Crippen LogP contribution in [-0.4, -0.2) is 22.0 Å². The zero-order valence-corrected chi connectivity index (χ0v) is 12.2. The van der Waals surface area contributed by atoms with Gasteiger partial charge in [-0.1, -0.05) is 19.9 Å². The molecule has 0 aliphatic carbocycles. The molecule has 0 saturated heterocycles. The van der Waals surface area contributed by atoms with Crippen molar-refractivity contribution in [3.8, 4) is 0 Å². The maximum absolute atomic E-state index is 12.1. The second kappa shape index (κ2) is 6.21. The van der Waals surface area contributed by atoms with Crippen LogP contribution in [0.25, 0.3) is 0 Å². The monoisotopic (exact) mass is 286 g/mol. The van der Waals surface area contributed by atoms with E-state index in [0.717, 1.165) is 5.69 Å². The minimum absolute atomic E-state index is 0.160. The number of rotatable bonds is 4. The molecular formula is C15H18N4O2. The Labute approximate surface area is 122 Å². The smallest absolute Gasteiger partial charge is 0.276 e. The van der Waals surface area contributed by atoms with Gasteiger partial charge in [0, 0.05) is 24.0 Å². The highest BCUT2D eigenvalue weighted by Gasteiger charge is 2.12. The van der Waals surface area contributed by atoms with E-state index in [-0.39, 0.29) is 17.7 Å². The van der Waals surface area contributed by atoms with Gasteiger partial charge in [0.25, 0.3) is 5.91 Å². The molecule has 2 rings (SSSR count). The standard InChI is InChI=1S/C15H18N4O2/c1-9(2)13-8-14(19-18-13)15(21)17-12-6-4-5-11(7-12)16-10(3)20/h4-9H,1-3H3,(H,16,20)(H,17,21)(H,18,19). The molecule has 0 unspecified atom stereocenters. The Bertz CT molecular complexity index is 661. The number of nitrogens with one attached hydrogen (secondary N) is 3. The summed E-state index contributed by atoms with van der Waals surface area (Å²) in [6.07, 6.45) is 0. The molecule has 0 fully saturated rings. The van der Waals surface area contributed by atoms with Crippen molar-refractivity contribution in [1.29, 1.82) is 0 Å². The maximum Gasteiger partial charge on any atom is 0.276 e. The van der Waals surface area contributed by atoms with E-state index >= 15 is 0 Å². The largest absolute Gasteiger partial charge is 0.326 e. The van der Waals surface area contributed by atoms with Gasteiger partial charge in [-0.25, -0.2) is 0 Å². The van der Waals surface area contributed by atoms with E-state index in [0.29, 0.717) is 17.1 Å². The molecule has 21 heavy (non-hydrogen) atoms. The van der Waals surface area contributed by atoms with E-state index < -0.39 is 0 Å². The van der Waals surface area contributed by atoms with Crippen LogP contribution >= 0.6 is 0 Å². The van der Waals surface area contributed by atoms with E-state index in [4.69, 9.17) is 0 Å². The SMILES string of the molecule is CC(=O)Nc1cccc(NC(=O)c2cc(C(C)C)[nH]n2)c1. The number of nitrogens with zero attached hydrogens (tertiary/aromatic N) is 1. The van der Waals surface area contributed by atoms with Crippen molar-refractivity contribution in [2.45, 2.75) is 26.7 Å². The second-order valence-corrected chi connectivity index (χ2v) is 5.08. The van der Waals surface area contributed by atoms with Crippen LogP contribution in [0.2, 0.25) is 0 Å². The third kappa shape index (κ3) is 3.92. The van der Waals surface area contributed by atoms with E-state index in [1.165, 1.54) is 6.92 Å². The minimum Gasteiger partial charge on any atom is -0.326 e. The summed E-state index contributed by atoms with van der Waals surface area (Å²) in [5.74, 6) is -0.173. The van der Waals surface area contributed by atoms with Gasteiger partial charge in [0.05, 0.1) is 0 Å². The Kier molecular flexibility index (Phi) is 4.37. The molecule has 1 aromatic carbocycles. The molecular weight excluding hydrogens is 268 g/mol. The lowest BCUT2D eigenvalue weighted by molar-refractivity contribution is -0.114. The Morgan fingerprint density at radius 2 is 1.81 bits per heavy atom. The molecule has 0 saturated carbocycles. The number of anilines is 2. The molecule has 6 nitrogen and oxygen atoms in total. The number of H-pyrrole nitrogens is 1. The number of carbonyl (C=O) groups excluding carboxylic acids is 2. The molecule has 2 amide bonds. The fourth-order valence-electron chi connectivity index (χ4n) is 1.82. The van der Waals surface area contributed by atoms with E-state index in [2.05, 4.69) is 20.8 Å². The maximum atomic E-state index is 12.1. The van der Waals surface area contributed by atoms with Crippen molar-refractivity contribution in [3.05, 3.63) is 41.7 Å². The first-order valence-corrected chi connectivity index (χ1v) is 6.70. The molecule has 110 valence electrons. The van der Waals surface area contributed by atoms with Crippen molar-refractivity contribution in [1.82, 2.24) is 10.2 Å². The van der Waals surface area contributed by atoms with Crippen molar-refractivity contribution in [2.24, 2.45) is 0 Å². The Hall–Kier alpha value is -2.63. The number of benzene rings is 1. The number of aromatic nitrogens is 2. The summed E-state index contributed by atoms with van der Waals surface area (Å²) in [6, 6.07) is 8.68. The van der Waals surface area contributed by atoms with E-state index in [9.17, 15) is 9.59 Å². The van der Waals surface area contributed by atoms with Gasteiger partial charge in [0.2, 0.25) is 5.91 Å². The van der Waals surface area contributed by atoms with Crippen LogP contribution in [0, 0.1) is 0 Å². The summed E-state index contributed by atoms with van der Waals surface area (Å²) in [4.78, 5) is 23.1. The Morgan fingerprint density at radius 1 is 1.14 bits per heavy atom.